The first kappa shape index (κ1) is 50.4. The van der Waals surface area contributed by atoms with Crippen molar-refractivity contribution in [3.8, 4) is 11.5 Å². The maximum atomic E-state index is 13.8. The SMILES string of the molecule is CCn1nc(C)cc1C(=O)Nc1nc2cc(C(N)=O)cc(OC)c2n1C/C=C/Cn1c(NC(=O)c2cc(C)nn2CC)nc2cc(C)cc(OCCCN(C)C(=O)C(N)CC(C)C)c21.NC=O. The maximum Gasteiger partial charge on any atom is 0.276 e. The Bertz CT molecular complexity index is 2780. The summed E-state index contributed by atoms with van der Waals surface area (Å²) in [6, 6.07) is 9.80. The Labute approximate surface area is 388 Å². The van der Waals surface area contributed by atoms with E-state index in [0.29, 0.717) is 101 Å². The van der Waals surface area contributed by atoms with Crippen molar-refractivity contribution in [1.82, 2.24) is 43.6 Å². The Hall–Kier alpha value is -7.55. The van der Waals surface area contributed by atoms with Gasteiger partial charge in [0.05, 0.1) is 42.2 Å². The minimum atomic E-state index is -0.657. The van der Waals surface area contributed by atoms with Crippen LogP contribution in [0.1, 0.15) is 88.8 Å². The number of likely N-dealkylation sites (N-methyl/N-ethyl adjacent to an activating group) is 1. The molecule has 6 aromatic rings. The number of carbonyl (C=O) groups excluding carboxylic acids is 5. The normalized spacial score (nSPS) is 11.7. The third-order valence-electron chi connectivity index (χ3n) is 10.6. The summed E-state index contributed by atoms with van der Waals surface area (Å²) >= 11 is 0. The molecular formula is C46H62N14O7. The van der Waals surface area contributed by atoms with E-state index in [1.807, 2.05) is 77.3 Å². The number of hydrogen-bond acceptors (Lipinski definition) is 12. The maximum absolute atomic E-state index is 13.8. The van der Waals surface area contributed by atoms with Gasteiger partial charge in [-0.05, 0) is 95.3 Å². The Morgan fingerprint density at radius 2 is 1.31 bits per heavy atom. The molecule has 0 aliphatic rings. The first-order valence-electron chi connectivity index (χ1n) is 22.0. The molecule has 5 amide bonds. The molecule has 1 unspecified atom stereocenters. The number of fused-ring (bicyclic) bond motifs is 2. The van der Waals surface area contributed by atoms with Crippen LogP contribution < -0.4 is 37.3 Å². The third-order valence-corrected chi connectivity index (χ3v) is 10.6. The number of amides is 5. The van der Waals surface area contributed by atoms with Crippen LogP contribution >= 0.6 is 0 Å². The highest BCUT2D eigenvalue weighted by Gasteiger charge is 2.24. The van der Waals surface area contributed by atoms with Crippen molar-refractivity contribution < 1.29 is 33.4 Å². The van der Waals surface area contributed by atoms with Gasteiger partial charge in [0.15, 0.2) is 0 Å². The van der Waals surface area contributed by atoms with Crippen LogP contribution in [0.5, 0.6) is 11.5 Å². The molecule has 2 aromatic carbocycles. The number of anilines is 2. The number of nitrogens with one attached hydrogen (secondary N) is 2. The van der Waals surface area contributed by atoms with E-state index >= 15 is 0 Å². The minimum absolute atomic E-state index is 0.109. The fraction of sp³-hybridized carbons (Fsp3) is 0.413. The van der Waals surface area contributed by atoms with E-state index in [1.165, 1.54) is 13.2 Å². The molecule has 0 aliphatic heterocycles. The molecule has 0 aliphatic carbocycles. The van der Waals surface area contributed by atoms with Gasteiger partial charge in [0, 0.05) is 45.3 Å². The second kappa shape index (κ2) is 22.6. The van der Waals surface area contributed by atoms with E-state index in [4.69, 9.17) is 35.7 Å². The zero-order chi connectivity index (χ0) is 49.1. The van der Waals surface area contributed by atoms with Gasteiger partial charge in [-0.2, -0.15) is 10.2 Å². The number of benzene rings is 2. The molecule has 0 saturated heterocycles. The van der Waals surface area contributed by atoms with Gasteiger partial charge in [-0.25, -0.2) is 9.97 Å². The second-order valence-corrected chi connectivity index (χ2v) is 16.3. The number of methoxy groups -OCH3 is 1. The summed E-state index contributed by atoms with van der Waals surface area (Å²) in [6.45, 7) is 15.6. The molecule has 0 radical (unpaired) electrons. The summed E-state index contributed by atoms with van der Waals surface area (Å²) in [5, 5.41) is 14.8. The van der Waals surface area contributed by atoms with Crippen molar-refractivity contribution >= 4 is 64.0 Å². The molecule has 6 rings (SSSR count). The van der Waals surface area contributed by atoms with E-state index in [0.717, 1.165) is 5.56 Å². The van der Waals surface area contributed by atoms with Gasteiger partial charge in [-0.3, -0.25) is 44.0 Å². The summed E-state index contributed by atoms with van der Waals surface area (Å²) in [7, 11) is 3.22. The summed E-state index contributed by atoms with van der Waals surface area (Å²) in [6.07, 6.45) is 5.19. The summed E-state index contributed by atoms with van der Waals surface area (Å²) in [5.41, 5.74) is 21.4. The van der Waals surface area contributed by atoms with Crippen LogP contribution in [0, 0.1) is 26.7 Å². The van der Waals surface area contributed by atoms with Gasteiger partial charge in [0.1, 0.15) is 33.9 Å². The number of aromatic nitrogens is 8. The predicted octanol–water partition coefficient (Wildman–Crippen LogP) is 4.31. The predicted molar refractivity (Wildman–Crippen MR) is 255 cm³/mol. The molecule has 4 heterocycles. The van der Waals surface area contributed by atoms with E-state index in [-0.39, 0.29) is 48.8 Å². The third kappa shape index (κ3) is 12.0. The first-order valence-corrected chi connectivity index (χ1v) is 22.0. The molecular weight excluding hydrogens is 861 g/mol. The molecule has 21 nitrogen and oxygen atoms in total. The average molecular weight is 923 g/mol. The lowest BCUT2D eigenvalue weighted by Crippen LogP contribution is -2.43. The molecule has 358 valence electrons. The minimum Gasteiger partial charge on any atom is -0.494 e. The molecule has 67 heavy (non-hydrogen) atoms. The Morgan fingerprint density at radius 1 is 0.806 bits per heavy atom. The van der Waals surface area contributed by atoms with Crippen molar-refractivity contribution in [2.24, 2.45) is 23.1 Å². The van der Waals surface area contributed by atoms with Gasteiger partial charge >= 0.3 is 0 Å². The lowest BCUT2D eigenvalue weighted by Gasteiger charge is -2.22. The molecule has 4 aromatic heterocycles. The van der Waals surface area contributed by atoms with Crippen LogP contribution in [0.2, 0.25) is 0 Å². The van der Waals surface area contributed by atoms with Crippen LogP contribution in [0.25, 0.3) is 22.1 Å². The number of allylic oxidation sites excluding steroid dienone is 2. The summed E-state index contributed by atoms with van der Waals surface area (Å²) in [4.78, 5) is 72.5. The number of aryl methyl sites for hydroxylation is 5. The van der Waals surface area contributed by atoms with Crippen LogP contribution in [0.4, 0.5) is 11.9 Å². The van der Waals surface area contributed by atoms with Crippen LogP contribution in [0.3, 0.4) is 0 Å². The van der Waals surface area contributed by atoms with Crippen LogP contribution in [-0.2, 0) is 35.8 Å². The molecule has 1 atom stereocenters. The van der Waals surface area contributed by atoms with Crippen molar-refractivity contribution in [1.29, 1.82) is 0 Å². The fourth-order valence-electron chi connectivity index (χ4n) is 7.66. The van der Waals surface area contributed by atoms with Crippen molar-refractivity contribution in [2.45, 2.75) is 93.5 Å². The fourth-order valence-corrected chi connectivity index (χ4v) is 7.66. The smallest absolute Gasteiger partial charge is 0.276 e. The summed E-state index contributed by atoms with van der Waals surface area (Å²) < 4.78 is 19.0. The van der Waals surface area contributed by atoms with E-state index in [2.05, 4.69) is 26.6 Å². The highest BCUT2D eigenvalue weighted by atomic mass is 16.5. The molecule has 8 N–H and O–H groups in total. The van der Waals surface area contributed by atoms with E-state index in [9.17, 15) is 19.2 Å². The van der Waals surface area contributed by atoms with Crippen molar-refractivity contribution in [3.63, 3.8) is 0 Å². The number of imidazole rings is 2. The van der Waals surface area contributed by atoms with Crippen molar-refractivity contribution in [2.75, 3.05) is 37.9 Å². The average Bonchev–Trinajstić information content (AvgIpc) is 4.05. The summed E-state index contributed by atoms with van der Waals surface area (Å²) in [5.74, 6) is 0.120. The number of carbonyl (C=O) groups is 5. The van der Waals surface area contributed by atoms with Crippen LogP contribution in [0.15, 0.2) is 48.6 Å². The van der Waals surface area contributed by atoms with Gasteiger partial charge in [-0.1, -0.05) is 26.0 Å². The van der Waals surface area contributed by atoms with Crippen LogP contribution in [-0.4, -0.2) is 107 Å². The van der Waals surface area contributed by atoms with Gasteiger partial charge in [0.2, 0.25) is 30.1 Å². The molecule has 0 fully saturated rings. The Kier molecular flexibility index (Phi) is 17.0. The number of ether oxygens (including phenoxy) is 2. The van der Waals surface area contributed by atoms with Crippen molar-refractivity contribution in [3.05, 3.63) is 82.5 Å². The molecule has 0 saturated carbocycles. The lowest BCUT2D eigenvalue weighted by molar-refractivity contribution is -0.131. The standard InChI is InChI=1S/C45H59N13O6.CH3NO/c1-10-57-34(22-28(6)52-57)41(60)50-44-48-32-20-27(5)21-37(64-18-14-15-54(8)43(62)31(46)19-26(3)4)39(32)56(44)17-13-12-16-55-38-33(24-30(40(47)59)25-36(38)63-9)49-45(55)51-42(61)35-23-29(7)53-58(35)11-2;2-1-3/h12-13,20-26,31H,10-11,14-19,46H2,1-9H3,(H2,47,59)(H,48,50,60)(H,49,51,61);1H,(H2,2,3)/b13-12+;. The van der Waals surface area contributed by atoms with Gasteiger partial charge < -0.3 is 40.7 Å². The molecule has 0 bridgehead atoms. The number of hydrogen-bond donors (Lipinski definition) is 5. The zero-order valence-corrected chi connectivity index (χ0v) is 39.6. The number of nitrogens with zero attached hydrogens (tertiary/aromatic N) is 9. The highest BCUT2D eigenvalue weighted by molar-refractivity contribution is 6.05. The number of primary amides is 2. The molecule has 21 heteroatoms. The Morgan fingerprint density at radius 3 is 1.79 bits per heavy atom. The number of nitrogens with two attached hydrogens (primary N) is 3. The second-order valence-electron chi connectivity index (χ2n) is 16.3. The van der Waals surface area contributed by atoms with E-state index in [1.54, 1.807) is 44.1 Å². The quantitative estimate of drug-likeness (QED) is 0.0407. The Balaban J connectivity index is 0.00000273. The monoisotopic (exact) mass is 922 g/mol. The lowest BCUT2D eigenvalue weighted by atomic mass is 10.0. The molecule has 0 spiro atoms. The topological polar surface area (TPSA) is 280 Å². The van der Waals surface area contributed by atoms with Gasteiger partial charge in [-0.15, -0.1) is 0 Å². The first-order chi connectivity index (χ1) is 31.9. The highest BCUT2D eigenvalue weighted by Crippen LogP contribution is 2.33. The zero-order valence-electron chi connectivity index (χ0n) is 39.6. The van der Waals surface area contributed by atoms with Gasteiger partial charge in [0.25, 0.3) is 11.8 Å². The largest absolute Gasteiger partial charge is 0.494 e. The van der Waals surface area contributed by atoms with E-state index < -0.39 is 17.9 Å². The number of rotatable bonds is 20.